The zero-order chi connectivity index (χ0) is 23.2. The molecular weight excluding hydrogens is 418 g/mol. The Hall–Kier alpha value is -3.20. The Bertz CT molecular complexity index is 1040. The summed E-state index contributed by atoms with van der Waals surface area (Å²) in [5.41, 5.74) is 1.04. The van der Waals surface area contributed by atoms with Gasteiger partial charge >= 0.3 is 0 Å². The Morgan fingerprint density at radius 3 is 1.87 bits per heavy atom. The van der Waals surface area contributed by atoms with Gasteiger partial charge in [-0.1, -0.05) is 12.1 Å². The molecule has 2 aromatic rings. The molecule has 31 heavy (non-hydrogen) atoms. The molecule has 0 bridgehead atoms. The van der Waals surface area contributed by atoms with Crippen LogP contribution in [0.25, 0.3) is 0 Å². The molecule has 0 aliphatic heterocycles. The van der Waals surface area contributed by atoms with Crippen molar-refractivity contribution in [3.8, 4) is 0 Å². The molecule has 0 aliphatic rings. The maximum Gasteiger partial charge on any atom is 0.261 e. The van der Waals surface area contributed by atoms with Crippen LogP contribution in [0.1, 0.15) is 41.5 Å². The summed E-state index contributed by atoms with van der Waals surface area (Å²) < 4.78 is 27.5. The van der Waals surface area contributed by atoms with Crippen LogP contribution in [0.3, 0.4) is 0 Å². The number of ketones is 1. The normalized spacial score (nSPS) is 11.0. The van der Waals surface area contributed by atoms with Crippen LogP contribution in [0.15, 0.2) is 53.4 Å². The molecule has 0 saturated heterocycles. The number of rotatable bonds is 9. The second kappa shape index (κ2) is 10.2. The summed E-state index contributed by atoms with van der Waals surface area (Å²) in [5, 5.41) is 0. The molecule has 0 atom stereocenters. The summed E-state index contributed by atoms with van der Waals surface area (Å²) in [6.45, 7) is 6.27. The number of carbonyl (C=O) groups is 3. The van der Waals surface area contributed by atoms with Gasteiger partial charge in [0.25, 0.3) is 15.9 Å². The highest BCUT2D eigenvalue weighted by molar-refractivity contribution is 7.92. The van der Waals surface area contributed by atoms with E-state index in [-0.39, 0.29) is 34.7 Å². The van der Waals surface area contributed by atoms with Crippen LogP contribution in [0.5, 0.6) is 0 Å². The Kier molecular flexibility index (Phi) is 7.93. The van der Waals surface area contributed by atoms with Crippen molar-refractivity contribution in [2.24, 2.45) is 0 Å². The SMILES string of the molecule is CCN(CC)C(=O)CN(C)C(=O)c1ccc(NS(=O)(=O)c2ccc(C(C)=O)cc2)cc1. The number of sulfonamides is 1. The topological polar surface area (TPSA) is 104 Å². The molecule has 0 spiro atoms. The maximum atomic E-state index is 12.6. The van der Waals surface area contributed by atoms with E-state index in [1.54, 1.807) is 11.9 Å². The molecule has 0 fully saturated rings. The quantitative estimate of drug-likeness (QED) is 0.598. The molecule has 2 rings (SSSR count). The minimum atomic E-state index is -3.84. The molecule has 2 amide bonds. The number of likely N-dealkylation sites (N-methyl/N-ethyl adjacent to an activating group) is 2. The van der Waals surface area contributed by atoms with Gasteiger partial charge in [0.2, 0.25) is 5.91 Å². The lowest BCUT2D eigenvalue weighted by Crippen LogP contribution is -2.41. The van der Waals surface area contributed by atoms with Crippen LogP contribution in [0.2, 0.25) is 0 Å². The van der Waals surface area contributed by atoms with E-state index in [0.29, 0.717) is 24.2 Å². The summed E-state index contributed by atoms with van der Waals surface area (Å²) in [5.74, 6) is -0.628. The lowest BCUT2D eigenvalue weighted by Gasteiger charge is -2.23. The van der Waals surface area contributed by atoms with Crippen LogP contribution >= 0.6 is 0 Å². The molecule has 0 radical (unpaired) electrons. The van der Waals surface area contributed by atoms with Crippen molar-refractivity contribution in [2.45, 2.75) is 25.7 Å². The van der Waals surface area contributed by atoms with Gasteiger partial charge in [-0.15, -0.1) is 0 Å². The Morgan fingerprint density at radius 1 is 0.871 bits per heavy atom. The van der Waals surface area contributed by atoms with Crippen molar-refractivity contribution in [3.05, 3.63) is 59.7 Å². The smallest absolute Gasteiger partial charge is 0.261 e. The number of amides is 2. The van der Waals surface area contributed by atoms with Crippen LogP contribution in [-0.2, 0) is 14.8 Å². The lowest BCUT2D eigenvalue weighted by atomic mass is 10.2. The minimum Gasteiger partial charge on any atom is -0.342 e. The molecule has 0 heterocycles. The average molecular weight is 446 g/mol. The van der Waals surface area contributed by atoms with Crippen LogP contribution in [-0.4, -0.2) is 62.5 Å². The molecule has 0 aromatic heterocycles. The van der Waals surface area contributed by atoms with Crippen LogP contribution in [0, 0.1) is 0 Å². The van der Waals surface area contributed by atoms with Crippen molar-refractivity contribution in [1.82, 2.24) is 9.80 Å². The van der Waals surface area contributed by atoms with Crippen molar-refractivity contribution < 1.29 is 22.8 Å². The predicted molar refractivity (Wildman–Crippen MR) is 119 cm³/mol. The fraction of sp³-hybridized carbons (Fsp3) is 0.318. The second-order valence-electron chi connectivity index (χ2n) is 6.99. The molecule has 0 unspecified atom stereocenters. The number of nitrogens with zero attached hydrogens (tertiary/aromatic N) is 2. The standard InChI is InChI=1S/C22H27N3O5S/c1-5-25(6-2)21(27)15-24(4)22(28)18-7-11-19(12-8-18)23-31(29,30)20-13-9-17(10-14-20)16(3)26/h7-14,23H,5-6,15H2,1-4H3. The maximum absolute atomic E-state index is 12.6. The van der Waals surface area contributed by atoms with Crippen LogP contribution < -0.4 is 4.72 Å². The van der Waals surface area contributed by atoms with Gasteiger partial charge in [0.15, 0.2) is 5.78 Å². The number of carbonyl (C=O) groups excluding carboxylic acids is 3. The van der Waals surface area contributed by atoms with E-state index in [9.17, 15) is 22.8 Å². The van der Waals surface area contributed by atoms with Gasteiger partial charge < -0.3 is 9.80 Å². The summed E-state index contributed by atoms with van der Waals surface area (Å²) in [7, 11) is -2.30. The highest BCUT2D eigenvalue weighted by atomic mass is 32.2. The second-order valence-corrected chi connectivity index (χ2v) is 8.67. The Morgan fingerprint density at radius 2 is 1.39 bits per heavy atom. The Balaban J connectivity index is 2.07. The van der Waals surface area contributed by atoms with E-state index in [1.165, 1.54) is 60.4 Å². The Labute approximate surface area is 182 Å². The van der Waals surface area contributed by atoms with Gasteiger partial charge in [0, 0.05) is 37.0 Å². The summed E-state index contributed by atoms with van der Waals surface area (Å²) in [4.78, 5) is 39.1. The zero-order valence-electron chi connectivity index (χ0n) is 18.1. The third-order valence-electron chi connectivity index (χ3n) is 4.79. The van der Waals surface area contributed by atoms with Gasteiger partial charge in [-0.3, -0.25) is 19.1 Å². The number of anilines is 1. The first kappa shape index (κ1) is 24.1. The van der Waals surface area contributed by atoms with E-state index in [4.69, 9.17) is 0 Å². The van der Waals surface area contributed by atoms with Gasteiger partial charge in [-0.25, -0.2) is 8.42 Å². The molecule has 0 aliphatic carbocycles. The molecule has 166 valence electrons. The zero-order valence-corrected chi connectivity index (χ0v) is 18.9. The number of benzene rings is 2. The van der Waals surface area contributed by atoms with Gasteiger partial charge in [-0.05, 0) is 57.2 Å². The van der Waals surface area contributed by atoms with Crippen molar-refractivity contribution >= 4 is 33.3 Å². The first-order chi connectivity index (χ1) is 14.6. The minimum absolute atomic E-state index is 0.0206. The number of Topliss-reactive ketones (excluding diaryl/α,β-unsaturated/α-hetero) is 1. The summed E-state index contributed by atoms with van der Waals surface area (Å²) in [6.07, 6.45) is 0. The van der Waals surface area contributed by atoms with Gasteiger partial charge in [-0.2, -0.15) is 0 Å². The first-order valence-corrected chi connectivity index (χ1v) is 11.3. The van der Waals surface area contributed by atoms with Crippen molar-refractivity contribution in [2.75, 3.05) is 31.4 Å². The lowest BCUT2D eigenvalue weighted by molar-refractivity contribution is -0.131. The number of hydrogen-bond donors (Lipinski definition) is 1. The number of nitrogens with one attached hydrogen (secondary N) is 1. The highest BCUT2D eigenvalue weighted by Gasteiger charge is 2.19. The van der Waals surface area contributed by atoms with Crippen molar-refractivity contribution in [3.63, 3.8) is 0 Å². The molecule has 0 saturated carbocycles. The summed E-state index contributed by atoms with van der Waals surface area (Å²) in [6, 6.07) is 11.6. The van der Waals surface area contributed by atoms with Crippen LogP contribution in [0.4, 0.5) is 5.69 Å². The molecule has 2 aromatic carbocycles. The third kappa shape index (κ3) is 6.14. The summed E-state index contributed by atoms with van der Waals surface area (Å²) >= 11 is 0. The largest absolute Gasteiger partial charge is 0.342 e. The highest BCUT2D eigenvalue weighted by Crippen LogP contribution is 2.18. The van der Waals surface area contributed by atoms with Crippen molar-refractivity contribution in [1.29, 1.82) is 0 Å². The third-order valence-corrected chi connectivity index (χ3v) is 6.19. The average Bonchev–Trinajstić information content (AvgIpc) is 2.74. The van der Waals surface area contributed by atoms with E-state index in [0.717, 1.165) is 0 Å². The van der Waals surface area contributed by atoms with Gasteiger partial charge in [0.05, 0.1) is 11.4 Å². The van der Waals surface area contributed by atoms with Gasteiger partial charge in [0.1, 0.15) is 0 Å². The molecular formula is C22H27N3O5S. The molecule has 9 heteroatoms. The van der Waals surface area contributed by atoms with E-state index in [1.807, 2.05) is 13.8 Å². The molecule has 8 nitrogen and oxygen atoms in total. The number of hydrogen-bond acceptors (Lipinski definition) is 5. The van der Waals surface area contributed by atoms with E-state index in [2.05, 4.69) is 4.72 Å². The fourth-order valence-electron chi connectivity index (χ4n) is 2.94. The fourth-order valence-corrected chi connectivity index (χ4v) is 3.99. The first-order valence-electron chi connectivity index (χ1n) is 9.86. The predicted octanol–water partition coefficient (Wildman–Crippen LogP) is 2.63. The van der Waals surface area contributed by atoms with E-state index >= 15 is 0 Å². The monoisotopic (exact) mass is 445 g/mol. The van der Waals surface area contributed by atoms with E-state index < -0.39 is 10.0 Å². The molecule has 1 N–H and O–H groups in total.